The molecule has 0 aliphatic carbocycles. The molecule has 0 saturated heterocycles. The highest BCUT2D eigenvalue weighted by molar-refractivity contribution is 5.93. The molecular formula is C21H22N2O4. The van der Waals surface area contributed by atoms with Crippen LogP contribution in [0.5, 0.6) is 11.5 Å². The monoisotopic (exact) mass is 366 g/mol. The standard InChI is InChI=1S/C21H22N2O4/c1-15(2)22-20-10-6-7-13-23(20)21(24)19-12-11-16(27-19)14-26-18-9-5-4-8-17(18)25-3/h4-13,15H,14H2,1-3H3. The molecule has 140 valence electrons. The first kappa shape index (κ1) is 18.5. The first-order valence-corrected chi connectivity index (χ1v) is 8.69. The van der Waals surface area contributed by atoms with Gasteiger partial charge in [-0.1, -0.05) is 18.2 Å². The molecule has 0 fully saturated rings. The summed E-state index contributed by atoms with van der Waals surface area (Å²) in [5, 5.41) is 0. The molecule has 3 aromatic rings. The van der Waals surface area contributed by atoms with Crippen molar-refractivity contribution in [1.82, 2.24) is 4.57 Å². The molecule has 0 amide bonds. The Bertz CT molecular complexity index is 985. The maximum atomic E-state index is 12.8. The zero-order valence-electron chi connectivity index (χ0n) is 15.6. The minimum Gasteiger partial charge on any atom is -0.493 e. The van der Waals surface area contributed by atoms with Crippen molar-refractivity contribution < 1.29 is 18.7 Å². The molecule has 6 nitrogen and oxygen atoms in total. The fourth-order valence-corrected chi connectivity index (χ4v) is 2.55. The van der Waals surface area contributed by atoms with Crippen molar-refractivity contribution in [2.24, 2.45) is 4.99 Å². The number of benzene rings is 1. The van der Waals surface area contributed by atoms with Gasteiger partial charge >= 0.3 is 0 Å². The van der Waals surface area contributed by atoms with Crippen molar-refractivity contribution in [1.29, 1.82) is 0 Å². The van der Waals surface area contributed by atoms with Crippen LogP contribution >= 0.6 is 0 Å². The van der Waals surface area contributed by atoms with E-state index in [-0.39, 0.29) is 24.3 Å². The Kier molecular flexibility index (Phi) is 5.76. The number of nitrogens with zero attached hydrogens (tertiary/aromatic N) is 2. The molecular weight excluding hydrogens is 344 g/mol. The Balaban J connectivity index is 1.77. The quantitative estimate of drug-likeness (QED) is 0.668. The summed E-state index contributed by atoms with van der Waals surface area (Å²) < 4.78 is 18.1. The third kappa shape index (κ3) is 4.47. The number of pyridine rings is 1. The van der Waals surface area contributed by atoms with Crippen LogP contribution in [0.15, 0.2) is 70.2 Å². The molecule has 0 spiro atoms. The lowest BCUT2D eigenvalue weighted by Crippen LogP contribution is -2.27. The first-order chi connectivity index (χ1) is 13.1. The molecule has 6 heteroatoms. The highest BCUT2D eigenvalue weighted by Crippen LogP contribution is 2.26. The van der Waals surface area contributed by atoms with E-state index in [0.29, 0.717) is 22.7 Å². The summed E-state index contributed by atoms with van der Waals surface area (Å²) in [5.74, 6) is 1.74. The van der Waals surface area contributed by atoms with Gasteiger partial charge in [0, 0.05) is 12.2 Å². The summed E-state index contributed by atoms with van der Waals surface area (Å²) in [4.78, 5) is 17.3. The van der Waals surface area contributed by atoms with Crippen LogP contribution in [0.1, 0.15) is 30.2 Å². The van der Waals surface area contributed by atoms with E-state index in [4.69, 9.17) is 13.9 Å². The lowest BCUT2D eigenvalue weighted by atomic mass is 10.3. The van der Waals surface area contributed by atoms with Gasteiger partial charge in [0.2, 0.25) is 0 Å². The van der Waals surface area contributed by atoms with Gasteiger partial charge in [0.1, 0.15) is 17.9 Å². The van der Waals surface area contributed by atoms with Crippen molar-refractivity contribution in [3.8, 4) is 11.5 Å². The van der Waals surface area contributed by atoms with E-state index in [1.807, 2.05) is 44.2 Å². The number of carbonyl (C=O) groups excluding carboxylic acids is 1. The number of rotatable bonds is 6. The zero-order chi connectivity index (χ0) is 19.2. The van der Waals surface area contributed by atoms with E-state index in [1.165, 1.54) is 4.57 Å². The average molecular weight is 366 g/mol. The molecule has 0 radical (unpaired) electrons. The van der Waals surface area contributed by atoms with E-state index in [1.54, 1.807) is 37.6 Å². The molecule has 0 saturated carbocycles. The lowest BCUT2D eigenvalue weighted by molar-refractivity contribution is 0.0922. The van der Waals surface area contributed by atoms with E-state index in [9.17, 15) is 4.79 Å². The summed E-state index contributed by atoms with van der Waals surface area (Å²) in [6, 6.07) is 16.2. The molecule has 1 aromatic carbocycles. The van der Waals surface area contributed by atoms with Crippen LogP contribution in [-0.2, 0) is 6.61 Å². The van der Waals surface area contributed by atoms with E-state index in [2.05, 4.69) is 4.99 Å². The number of ether oxygens (including phenoxy) is 2. The Labute approximate surface area is 157 Å². The fraction of sp³-hybridized carbons (Fsp3) is 0.238. The second-order valence-corrected chi connectivity index (χ2v) is 6.16. The van der Waals surface area contributed by atoms with Gasteiger partial charge in [-0.25, -0.2) is 0 Å². The van der Waals surface area contributed by atoms with Crippen molar-refractivity contribution in [2.45, 2.75) is 26.5 Å². The average Bonchev–Trinajstić information content (AvgIpc) is 3.15. The number of hydrogen-bond donors (Lipinski definition) is 0. The van der Waals surface area contributed by atoms with E-state index in [0.717, 1.165) is 0 Å². The van der Waals surface area contributed by atoms with E-state index < -0.39 is 0 Å². The topological polar surface area (TPSA) is 66.0 Å². The fourth-order valence-electron chi connectivity index (χ4n) is 2.55. The lowest BCUT2D eigenvalue weighted by Gasteiger charge is -2.09. The van der Waals surface area contributed by atoms with E-state index >= 15 is 0 Å². The third-order valence-corrected chi connectivity index (χ3v) is 3.76. The summed E-state index contributed by atoms with van der Waals surface area (Å²) in [7, 11) is 1.59. The van der Waals surface area contributed by atoms with Gasteiger partial charge in [-0.15, -0.1) is 0 Å². The molecule has 0 bridgehead atoms. The zero-order valence-corrected chi connectivity index (χ0v) is 15.6. The molecule has 27 heavy (non-hydrogen) atoms. The second kappa shape index (κ2) is 8.40. The smallest absolute Gasteiger partial charge is 0.299 e. The Morgan fingerprint density at radius 2 is 1.81 bits per heavy atom. The van der Waals surface area contributed by atoms with Crippen LogP contribution in [0, 0.1) is 0 Å². The van der Waals surface area contributed by atoms with Gasteiger partial charge in [-0.2, -0.15) is 0 Å². The number of methoxy groups -OCH3 is 1. The van der Waals surface area contributed by atoms with Gasteiger partial charge in [0.15, 0.2) is 17.3 Å². The first-order valence-electron chi connectivity index (χ1n) is 8.69. The summed E-state index contributed by atoms with van der Waals surface area (Å²) >= 11 is 0. The van der Waals surface area contributed by atoms with Crippen molar-refractivity contribution >= 4 is 5.91 Å². The Hall–Kier alpha value is -3.28. The van der Waals surface area contributed by atoms with Gasteiger partial charge in [0.05, 0.1) is 7.11 Å². The Morgan fingerprint density at radius 1 is 1.07 bits per heavy atom. The van der Waals surface area contributed by atoms with Crippen LogP contribution in [0.2, 0.25) is 0 Å². The minimum absolute atomic E-state index is 0.0767. The minimum atomic E-state index is -0.279. The molecule has 0 aliphatic heterocycles. The summed E-state index contributed by atoms with van der Waals surface area (Å²) in [6.07, 6.45) is 1.68. The normalized spacial score (nSPS) is 11.6. The highest BCUT2D eigenvalue weighted by Gasteiger charge is 2.14. The third-order valence-electron chi connectivity index (χ3n) is 3.76. The van der Waals surface area contributed by atoms with Gasteiger partial charge < -0.3 is 13.9 Å². The van der Waals surface area contributed by atoms with Crippen LogP contribution in [0.3, 0.4) is 0 Å². The van der Waals surface area contributed by atoms with Crippen molar-refractivity contribution in [3.63, 3.8) is 0 Å². The highest BCUT2D eigenvalue weighted by atomic mass is 16.5. The molecule has 0 N–H and O–H groups in total. The van der Waals surface area contributed by atoms with Crippen molar-refractivity contribution in [3.05, 3.63) is 77.8 Å². The summed E-state index contributed by atoms with van der Waals surface area (Å²) in [5.41, 5.74) is 0.584. The number of para-hydroxylation sites is 2. The molecule has 2 aromatic heterocycles. The summed E-state index contributed by atoms with van der Waals surface area (Å²) in [6.45, 7) is 4.11. The second-order valence-electron chi connectivity index (χ2n) is 6.16. The molecule has 0 unspecified atom stereocenters. The van der Waals surface area contributed by atoms with Crippen LogP contribution < -0.4 is 15.0 Å². The van der Waals surface area contributed by atoms with Gasteiger partial charge in [-0.3, -0.25) is 14.4 Å². The number of carbonyl (C=O) groups is 1. The Morgan fingerprint density at radius 3 is 2.56 bits per heavy atom. The molecule has 0 aliphatic rings. The predicted octanol–water partition coefficient (Wildman–Crippen LogP) is 3.67. The van der Waals surface area contributed by atoms with Crippen molar-refractivity contribution in [2.75, 3.05) is 7.11 Å². The maximum absolute atomic E-state index is 12.8. The molecule has 3 rings (SSSR count). The number of furan rings is 1. The van der Waals surface area contributed by atoms with Crippen LogP contribution in [0.25, 0.3) is 0 Å². The number of hydrogen-bond acceptors (Lipinski definition) is 5. The predicted molar refractivity (Wildman–Crippen MR) is 101 cm³/mol. The van der Waals surface area contributed by atoms with Crippen LogP contribution in [0.4, 0.5) is 0 Å². The largest absolute Gasteiger partial charge is 0.493 e. The molecule has 0 atom stereocenters. The van der Waals surface area contributed by atoms with Gasteiger partial charge in [-0.05, 0) is 50.2 Å². The van der Waals surface area contributed by atoms with Crippen LogP contribution in [-0.4, -0.2) is 23.6 Å². The molecule has 2 heterocycles. The number of aromatic nitrogens is 1. The SMILES string of the molecule is COc1ccccc1OCc1ccc(C(=O)n2ccccc2=NC(C)C)o1. The van der Waals surface area contributed by atoms with Gasteiger partial charge in [0.25, 0.3) is 5.91 Å². The maximum Gasteiger partial charge on any atom is 0.299 e.